The Bertz CT molecular complexity index is 654. The van der Waals surface area contributed by atoms with Crippen molar-refractivity contribution in [1.29, 1.82) is 0 Å². The number of aryl methyl sites for hydroxylation is 1. The van der Waals surface area contributed by atoms with E-state index in [9.17, 15) is 9.90 Å². The van der Waals surface area contributed by atoms with Crippen molar-refractivity contribution in [1.82, 2.24) is 14.5 Å². The Hall–Kier alpha value is -2.15. The van der Waals surface area contributed by atoms with Crippen LogP contribution in [0.3, 0.4) is 0 Å². The molecule has 20 heavy (non-hydrogen) atoms. The summed E-state index contributed by atoms with van der Waals surface area (Å²) in [5.41, 5.74) is 1.74. The number of anilines is 1. The summed E-state index contributed by atoms with van der Waals surface area (Å²) in [5.74, 6) is -0.696. The van der Waals surface area contributed by atoms with Gasteiger partial charge in [0.25, 0.3) is 0 Å². The molecule has 106 valence electrons. The Morgan fingerprint density at radius 1 is 1.50 bits per heavy atom. The number of aromatic nitrogens is 3. The summed E-state index contributed by atoms with van der Waals surface area (Å²) in [6.45, 7) is 0.626. The molecule has 2 aromatic heterocycles. The van der Waals surface area contributed by atoms with Gasteiger partial charge in [0.15, 0.2) is 5.82 Å². The number of rotatable bonds is 3. The number of likely N-dealkylation sites (N-methyl/N-ethyl adjacent to an activating group) is 1. The third kappa shape index (κ3) is 1.90. The van der Waals surface area contributed by atoms with Crippen molar-refractivity contribution in [2.75, 3.05) is 25.2 Å². The Kier molecular flexibility index (Phi) is 3.06. The van der Waals surface area contributed by atoms with E-state index in [0.29, 0.717) is 12.4 Å². The van der Waals surface area contributed by atoms with E-state index in [0.717, 1.165) is 11.0 Å². The van der Waals surface area contributed by atoms with Crippen LogP contribution in [0.5, 0.6) is 0 Å². The zero-order valence-electron chi connectivity index (χ0n) is 11.4. The maximum absolute atomic E-state index is 11.3. The average molecular weight is 276 g/mol. The minimum Gasteiger partial charge on any atom is -0.481 e. The molecule has 1 saturated heterocycles. The second-order valence-electron chi connectivity index (χ2n) is 5.02. The number of nitrogens with zero attached hydrogens (tertiary/aromatic N) is 4. The summed E-state index contributed by atoms with van der Waals surface area (Å²) >= 11 is 0. The molecule has 3 rings (SSSR count). The molecule has 7 nitrogen and oxygen atoms in total. The summed E-state index contributed by atoms with van der Waals surface area (Å²) < 4.78 is 7.23. The topological polar surface area (TPSA) is 80.5 Å². The van der Waals surface area contributed by atoms with Crippen molar-refractivity contribution in [2.24, 2.45) is 13.0 Å². The van der Waals surface area contributed by atoms with Crippen LogP contribution in [-0.4, -0.2) is 51.9 Å². The van der Waals surface area contributed by atoms with E-state index in [-0.39, 0.29) is 12.6 Å². The first-order valence-electron chi connectivity index (χ1n) is 6.39. The van der Waals surface area contributed by atoms with Crippen LogP contribution >= 0.6 is 0 Å². The lowest BCUT2D eigenvalue weighted by molar-refractivity contribution is -0.141. The van der Waals surface area contributed by atoms with Crippen LogP contribution in [0.1, 0.15) is 0 Å². The van der Waals surface area contributed by atoms with Crippen LogP contribution < -0.4 is 4.90 Å². The SMILES string of the molecule is CN(c1nccc2c1ncn2C)C1COCC1C(=O)O. The van der Waals surface area contributed by atoms with Gasteiger partial charge in [0.1, 0.15) is 11.4 Å². The molecule has 0 bridgehead atoms. The zero-order chi connectivity index (χ0) is 14.3. The van der Waals surface area contributed by atoms with Crippen LogP contribution in [-0.2, 0) is 16.6 Å². The number of aliphatic carboxylic acids is 1. The first-order chi connectivity index (χ1) is 9.59. The van der Waals surface area contributed by atoms with Crippen LogP contribution in [0.15, 0.2) is 18.6 Å². The molecule has 1 fully saturated rings. The quantitative estimate of drug-likeness (QED) is 0.879. The van der Waals surface area contributed by atoms with Crippen LogP contribution in [0.2, 0.25) is 0 Å². The van der Waals surface area contributed by atoms with E-state index in [1.807, 2.05) is 29.6 Å². The van der Waals surface area contributed by atoms with Crippen LogP contribution in [0.25, 0.3) is 11.0 Å². The van der Waals surface area contributed by atoms with E-state index < -0.39 is 11.9 Å². The molecule has 2 aromatic rings. The lowest BCUT2D eigenvalue weighted by Gasteiger charge is -2.27. The molecule has 0 saturated carbocycles. The summed E-state index contributed by atoms with van der Waals surface area (Å²) in [4.78, 5) is 21.8. The largest absolute Gasteiger partial charge is 0.481 e. The number of pyridine rings is 1. The molecule has 0 radical (unpaired) electrons. The van der Waals surface area contributed by atoms with Gasteiger partial charge in [-0.25, -0.2) is 9.97 Å². The number of carbonyl (C=O) groups is 1. The summed E-state index contributed by atoms with van der Waals surface area (Å²) in [6, 6.07) is 1.66. The number of carboxylic acids is 1. The molecule has 3 heterocycles. The monoisotopic (exact) mass is 276 g/mol. The van der Waals surface area contributed by atoms with Crippen molar-refractivity contribution in [3.63, 3.8) is 0 Å². The minimum atomic E-state index is -0.840. The van der Waals surface area contributed by atoms with Gasteiger partial charge in [0.2, 0.25) is 0 Å². The predicted octanol–water partition coefficient (Wildman–Crippen LogP) is 0.504. The minimum absolute atomic E-state index is 0.229. The van der Waals surface area contributed by atoms with Gasteiger partial charge in [0, 0.05) is 20.3 Å². The highest BCUT2D eigenvalue weighted by Crippen LogP contribution is 2.27. The molecule has 1 aliphatic rings. The van der Waals surface area contributed by atoms with Gasteiger partial charge in [-0.3, -0.25) is 4.79 Å². The van der Waals surface area contributed by atoms with E-state index in [4.69, 9.17) is 4.74 Å². The highest BCUT2D eigenvalue weighted by atomic mass is 16.5. The maximum Gasteiger partial charge on any atom is 0.311 e. The number of hydrogen-bond acceptors (Lipinski definition) is 5. The Morgan fingerprint density at radius 3 is 3.05 bits per heavy atom. The maximum atomic E-state index is 11.3. The van der Waals surface area contributed by atoms with Gasteiger partial charge in [-0.2, -0.15) is 0 Å². The van der Waals surface area contributed by atoms with Gasteiger partial charge >= 0.3 is 5.97 Å². The van der Waals surface area contributed by atoms with Gasteiger partial charge < -0.3 is 19.3 Å². The van der Waals surface area contributed by atoms with Gasteiger partial charge in [-0.15, -0.1) is 0 Å². The smallest absolute Gasteiger partial charge is 0.311 e. The van der Waals surface area contributed by atoms with Crippen molar-refractivity contribution in [3.8, 4) is 0 Å². The predicted molar refractivity (Wildman–Crippen MR) is 72.6 cm³/mol. The molecule has 7 heteroatoms. The van der Waals surface area contributed by atoms with Crippen molar-refractivity contribution < 1.29 is 14.6 Å². The van der Waals surface area contributed by atoms with E-state index in [1.165, 1.54) is 0 Å². The number of carboxylic acid groups (broad SMARTS) is 1. The number of hydrogen-bond donors (Lipinski definition) is 1. The van der Waals surface area contributed by atoms with Crippen molar-refractivity contribution in [2.45, 2.75) is 6.04 Å². The summed E-state index contributed by atoms with van der Waals surface area (Å²) in [5, 5.41) is 9.25. The molecular formula is C13H16N4O3. The molecule has 0 amide bonds. The fourth-order valence-electron chi connectivity index (χ4n) is 2.62. The Morgan fingerprint density at radius 2 is 2.30 bits per heavy atom. The van der Waals surface area contributed by atoms with Crippen molar-refractivity contribution >= 4 is 22.8 Å². The lowest BCUT2D eigenvalue weighted by Crippen LogP contribution is -2.41. The molecule has 2 atom stereocenters. The van der Waals surface area contributed by atoms with Crippen LogP contribution in [0, 0.1) is 5.92 Å². The van der Waals surface area contributed by atoms with Gasteiger partial charge in [-0.05, 0) is 6.07 Å². The lowest BCUT2D eigenvalue weighted by atomic mass is 10.0. The zero-order valence-corrected chi connectivity index (χ0v) is 11.4. The molecule has 0 spiro atoms. The van der Waals surface area contributed by atoms with Crippen LogP contribution in [0.4, 0.5) is 5.82 Å². The van der Waals surface area contributed by atoms with E-state index in [1.54, 1.807) is 12.5 Å². The molecular weight excluding hydrogens is 260 g/mol. The second-order valence-corrected chi connectivity index (χ2v) is 5.02. The van der Waals surface area contributed by atoms with Crippen molar-refractivity contribution in [3.05, 3.63) is 18.6 Å². The highest BCUT2D eigenvalue weighted by Gasteiger charge is 2.37. The first kappa shape index (κ1) is 12.9. The summed E-state index contributed by atoms with van der Waals surface area (Å²) in [7, 11) is 3.75. The van der Waals surface area contributed by atoms with E-state index in [2.05, 4.69) is 9.97 Å². The van der Waals surface area contributed by atoms with Gasteiger partial charge in [0.05, 0.1) is 31.1 Å². The summed E-state index contributed by atoms with van der Waals surface area (Å²) in [6.07, 6.45) is 3.44. The van der Waals surface area contributed by atoms with E-state index >= 15 is 0 Å². The molecule has 1 N–H and O–H groups in total. The standard InChI is InChI=1S/C13H16N4O3/c1-16-7-15-11-9(16)3-4-14-12(11)17(2)10-6-20-5-8(10)13(18)19/h3-4,7-8,10H,5-6H2,1-2H3,(H,18,19). The Balaban J connectivity index is 2.00. The molecule has 2 unspecified atom stereocenters. The average Bonchev–Trinajstić information content (AvgIpc) is 3.05. The number of imidazole rings is 1. The fraction of sp³-hybridized carbons (Fsp3) is 0.462. The highest BCUT2D eigenvalue weighted by molar-refractivity contribution is 5.86. The first-order valence-corrected chi connectivity index (χ1v) is 6.39. The fourth-order valence-corrected chi connectivity index (χ4v) is 2.62. The third-order valence-corrected chi connectivity index (χ3v) is 3.82. The van der Waals surface area contributed by atoms with Gasteiger partial charge in [-0.1, -0.05) is 0 Å². The molecule has 0 aromatic carbocycles. The second kappa shape index (κ2) is 4.75. The molecule has 0 aliphatic carbocycles. The molecule has 1 aliphatic heterocycles. The number of ether oxygens (including phenoxy) is 1. The number of fused-ring (bicyclic) bond motifs is 1. The third-order valence-electron chi connectivity index (χ3n) is 3.82. The Labute approximate surface area is 115 Å². The normalized spacial score (nSPS) is 22.3.